The van der Waals surface area contributed by atoms with Gasteiger partial charge in [0, 0.05) is 17.1 Å². The molecule has 2 heterocycles. The van der Waals surface area contributed by atoms with Gasteiger partial charge in [-0.15, -0.1) is 0 Å². The Labute approximate surface area is 103 Å². The van der Waals surface area contributed by atoms with Gasteiger partial charge >= 0.3 is 0 Å². The Morgan fingerprint density at radius 1 is 0.889 bits per heavy atom. The Balaban J connectivity index is 2.10. The summed E-state index contributed by atoms with van der Waals surface area (Å²) >= 11 is 0. The molecule has 0 saturated carbocycles. The van der Waals surface area contributed by atoms with Crippen LogP contribution in [0.5, 0.6) is 0 Å². The molecule has 0 amide bonds. The molecule has 4 rings (SSSR count). The summed E-state index contributed by atoms with van der Waals surface area (Å²) in [5.41, 5.74) is 4.33. The van der Waals surface area contributed by atoms with Crippen molar-refractivity contribution in [2.24, 2.45) is 0 Å². The summed E-state index contributed by atoms with van der Waals surface area (Å²) in [6, 6.07) is 14.5. The molecule has 2 N–H and O–H groups in total. The topological polar surface area (TPSA) is 44.5 Å². The molecule has 18 heavy (non-hydrogen) atoms. The Morgan fingerprint density at radius 2 is 1.83 bits per heavy atom. The fraction of sp³-hybridized carbons (Fsp3) is 0. The number of hydrogen-bond acceptors (Lipinski definition) is 1. The first-order chi connectivity index (χ1) is 8.93. The van der Waals surface area contributed by atoms with Crippen LogP contribution in [-0.4, -0.2) is 15.0 Å². The molecule has 0 atom stereocenters. The lowest BCUT2D eigenvalue weighted by molar-refractivity contribution is 1.34. The van der Waals surface area contributed by atoms with Gasteiger partial charge in [-0.3, -0.25) is 0 Å². The van der Waals surface area contributed by atoms with E-state index < -0.39 is 0 Å². The molecule has 0 bridgehead atoms. The van der Waals surface area contributed by atoms with E-state index in [4.69, 9.17) is 0 Å². The average Bonchev–Trinajstić information content (AvgIpc) is 3.05. The molecule has 0 spiro atoms. The van der Waals surface area contributed by atoms with Crippen molar-refractivity contribution < 1.29 is 0 Å². The van der Waals surface area contributed by atoms with Gasteiger partial charge in [-0.1, -0.05) is 36.4 Å². The summed E-state index contributed by atoms with van der Waals surface area (Å²) in [5, 5.41) is 2.45. The van der Waals surface area contributed by atoms with E-state index >= 15 is 0 Å². The van der Waals surface area contributed by atoms with Gasteiger partial charge < -0.3 is 9.97 Å². The predicted octanol–water partition coefficient (Wildman–Crippen LogP) is 3.71. The monoisotopic (exact) mass is 233 g/mol. The van der Waals surface area contributed by atoms with Crippen LogP contribution in [-0.2, 0) is 0 Å². The van der Waals surface area contributed by atoms with Crippen LogP contribution in [0.25, 0.3) is 33.1 Å². The lowest BCUT2D eigenvalue weighted by atomic mass is 10.1. The number of rotatable bonds is 1. The Kier molecular flexibility index (Phi) is 1.83. The van der Waals surface area contributed by atoms with Crippen molar-refractivity contribution in [3.05, 3.63) is 55.0 Å². The highest BCUT2D eigenvalue weighted by molar-refractivity contribution is 6.02. The van der Waals surface area contributed by atoms with Crippen LogP contribution in [0.2, 0.25) is 0 Å². The van der Waals surface area contributed by atoms with Gasteiger partial charge in [-0.05, 0) is 11.5 Å². The Morgan fingerprint density at radius 3 is 2.83 bits per heavy atom. The maximum absolute atomic E-state index is 4.41. The van der Waals surface area contributed by atoms with Crippen molar-refractivity contribution >= 4 is 21.8 Å². The number of nitrogens with one attached hydrogen (secondary N) is 2. The van der Waals surface area contributed by atoms with Crippen molar-refractivity contribution in [1.29, 1.82) is 0 Å². The first-order valence-corrected chi connectivity index (χ1v) is 5.92. The van der Waals surface area contributed by atoms with Gasteiger partial charge in [-0.25, -0.2) is 4.98 Å². The van der Waals surface area contributed by atoms with Crippen molar-refractivity contribution in [2.45, 2.75) is 0 Å². The Hall–Kier alpha value is -2.55. The minimum Gasteiger partial charge on any atom is -0.360 e. The molecule has 86 valence electrons. The normalized spacial score (nSPS) is 11.3. The minimum atomic E-state index is 1.00. The second-order valence-electron chi connectivity index (χ2n) is 4.36. The zero-order valence-corrected chi connectivity index (χ0v) is 9.64. The van der Waals surface area contributed by atoms with E-state index in [1.54, 1.807) is 6.33 Å². The third kappa shape index (κ3) is 1.21. The summed E-state index contributed by atoms with van der Waals surface area (Å²) in [4.78, 5) is 10.9. The maximum atomic E-state index is 4.41. The van der Waals surface area contributed by atoms with Gasteiger partial charge in [-0.2, -0.15) is 0 Å². The van der Waals surface area contributed by atoms with E-state index in [9.17, 15) is 0 Å². The fourth-order valence-corrected chi connectivity index (χ4v) is 2.47. The van der Waals surface area contributed by atoms with Crippen LogP contribution in [0.1, 0.15) is 0 Å². The van der Waals surface area contributed by atoms with E-state index in [1.165, 1.54) is 10.8 Å². The van der Waals surface area contributed by atoms with Crippen LogP contribution >= 0.6 is 0 Å². The number of benzene rings is 2. The molecule has 0 radical (unpaired) electrons. The summed E-state index contributed by atoms with van der Waals surface area (Å²) in [6.45, 7) is 0. The highest BCUT2D eigenvalue weighted by Crippen LogP contribution is 2.31. The van der Waals surface area contributed by atoms with Crippen LogP contribution in [0.15, 0.2) is 55.0 Å². The van der Waals surface area contributed by atoms with E-state index in [0.29, 0.717) is 0 Å². The highest BCUT2D eigenvalue weighted by Gasteiger charge is 2.10. The molecular formula is C15H11N3. The van der Waals surface area contributed by atoms with Gasteiger partial charge in [0.05, 0.1) is 23.1 Å². The highest BCUT2D eigenvalue weighted by atomic mass is 14.9. The lowest BCUT2D eigenvalue weighted by Crippen LogP contribution is -1.81. The average molecular weight is 233 g/mol. The van der Waals surface area contributed by atoms with E-state index in [0.717, 1.165) is 22.3 Å². The van der Waals surface area contributed by atoms with Crippen molar-refractivity contribution in [3.8, 4) is 11.3 Å². The fourth-order valence-electron chi connectivity index (χ4n) is 2.47. The number of imidazole rings is 1. The van der Waals surface area contributed by atoms with E-state index in [-0.39, 0.29) is 0 Å². The predicted molar refractivity (Wildman–Crippen MR) is 73.4 cm³/mol. The van der Waals surface area contributed by atoms with Gasteiger partial charge in [0.2, 0.25) is 0 Å². The molecule has 0 aliphatic heterocycles. The molecular weight excluding hydrogens is 222 g/mol. The smallest absolute Gasteiger partial charge is 0.0975 e. The standard InChI is InChI=1S/C15H11N3/c1-2-5-11-10(4-1)8-16-14(11)12-6-3-7-13-15(12)18-9-17-13/h1-9,16H,(H,17,18). The largest absolute Gasteiger partial charge is 0.360 e. The van der Waals surface area contributed by atoms with Crippen LogP contribution < -0.4 is 0 Å². The van der Waals surface area contributed by atoms with Crippen LogP contribution in [0.4, 0.5) is 0 Å². The van der Waals surface area contributed by atoms with Gasteiger partial charge in [0.15, 0.2) is 0 Å². The third-order valence-electron chi connectivity index (χ3n) is 3.32. The maximum Gasteiger partial charge on any atom is 0.0975 e. The molecule has 0 fully saturated rings. The first kappa shape index (κ1) is 9.48. The third-order valence-corrected chi connectivity index (χ3v) is 3.32. The Bertz CT molecular complexity index is 839. The number of hydrogen-bond donors (Lipinski definition) is 2. The van der Waals surface area contributed by atoms with Crippen LogP contribution in [0.3, 0.4) is 0 Å². The number of aromatic nitrogens is 3. The van der Waals surface area contributed by atoms with Gasteiger partial charge in [0.25, 0.3) is 0 Å². The zero-order valence-electron chi connectivity index (χ0n) is 9.64. The molecule has 4 aromatic rings. The zero-order chi connectivity index (χ0) is 11.9. The molecule has 0 aliphatic rings. The molecule has 0 saturated heterocycles. The lowest BCUT2D eigenvalue weighted by Gasteiger charge is -2.01. The number of aromatic amines is 2. The van der Waals surface area contributed by atoms with Gasteiger partial charge in [0.1, 0.15) is 0 Å². The van der Waals surface area contributed by atoms with Crippen molar-refractivity contribution in [1.82, 2.24) is 15.0 Å². The second-order valence-corrected chi connectivity index (χ2v) is 4.36. The molecule has 2 aromatic carbocycles. The molecule has 3 nitrogen and oxygen atoms in total. The molecule has 3 heteroatoms. The second kappa shape index (κ2) is 3.47. The number of H-pyrrole nitrogens is 2. The first-order valence-electron chi connectivity index (χ1n) is 5.92. The molecule has 2 aromatic heterocycles. The summed E-state index contributed by atoms with van der Waals surface area (Å²) < 4.78 is 0. The summed E-state index contributed by atoms with van der Waals surface area (Å²) in [7, 11) is 0. The quantitative estimate of drug-likeness (QED) is 0.517. The van der Waals surface area contributed by atoms with E-state index in [2.05, 4.69) is 45.3 Å². The number of para-hydroxylation sites is 1. The van der Waals surface area contributed by atoms with Crippen LogP contribution in [0, 0.1) is 0 Å². The molecule has 0 unspecified atom stereocenters. The van der Waals surface area contributed by atoms with E-state index in [1.807, 2.05) is 18.3 Å². The van der Waals surface area contributed by atoms with Crippen molar-refractivity contribution in [2.75, 3.05) is 0 Å². The minimum absolute atomic E-state index is 1.00. The summed E-state index contributed by atoms with van der Waals surface area (Å²) in [6.07, 6.45) is 3.77. The number of nitrogens with zero attached hydrogens (tertiary/aromatic N) is 1. The summed E-state index contributed by atoms with van der Waals surface area (Å²) in [5.74, 6) is 0. The number of fused-ring (bicyclic) bond motifs is 2. The SMILES string of the molecule is c1ccc2c(-c3cccc4[nH]cnc34)[nH]cc2c1. The molecule has 0 aliphatic carbocycles. The van der Waals surface area contributed by atoms with Crippen molar-refractivity contribution in [3.63, 3.8) is 0 Å².